The zero-order chi connectivity index (χ0) is 13.1. The summed E-state index contributed by atoms with van der Waals surface area (Å²) in [5.74, 6) is -0.227. The van der Waals surface area contributed by atoms with Crippen molar-refractivity contribution in [3.63, 3.8) is 0 Å². The van der Waals surface area contributed by atoms with Crippen LogP contribution >= 0.6 is 11.6 Å². The minimum absolute atomic E-state index is 0.119. The first-order chi connectivity index (χ1) is 8.56. The molecular weight excluding hydrogens is 247 g/mol. The smallest absolute Gasteiger partial charge is 0.123 e. The third kappa shape index (κ3) is 3.11. The summed E-state index contributed by atoms with van der Waals surface area (Å²) in [6.07, 6.45) is 0.765. The summed E-state index contributed by atoms with van der Waals surface area (Å²) in [6, 6.07) is 12.8. The van der Waals surface area contributed by atoms with Gasteiger partial charge in [0.05, 0.1) is 5.38 Å². The molecule has 0 radical (unpaired) electrons. The van der Waals surface area contributed by atoms with Crippen LogP contribution in [-0.2, 0) is 6.42 Å². The third-order valence-electron chi connectivity index (χ3n) is 3.14. The Bertz CT molecular complexity index is 531. The maximum Gasteiger partial charge on any atom is 0.123 e. The van der Waals surface area contributed by atoms with E-state index in [0.717, 1.165) is 12.0 Å². The summed E-state index contributed by atoms with van der Waals surface area (Å²) < 4.78 is 12.9. The van der Waals surface area contributed by atoms with Crippen molar-refractivity contribution in [2.45, 2.75) is 25.6 Å². The fourth-order valence-electron chi connectivity index (χ4n) is 2.00. The molecule has 0 bridgehead atoms. The monoisotopic (exact) mass is 262 g/mol. The van der Waals surface area contributed by atoms with Gasteiger partial charge in [0, 0.05) is 0 Å². The predicted octanol–water partition coefficient (Wildman–Crippen LogP) is 4.97. The van der Waals surface area contributed by atoms with E-state index in [1.807, 2.05) is 0 Å². The number of alkyl halides is 1. The van der Waals surface area contributed by atoms with Crippen molar-refractivity contribution in [2.75, 3.05) is 0 Å². The van der Waals surface area contributed by atoms with Gasteiger partial charge in [-0.05, 0) is 49.1 Å². The van der Waals surface area contributed by atoms with Crippen LogP contribution in [0.1, 0.15) is 27.6 Å². The Balaban J connectivity index is 2.18. The van der Waals surface area contributed by atoms with Gasteiger partial charge in [-0.15, -0.1) is 11.6 Å². The van der Waals surface area contributed by atoms with Crippen LogP contribution in [0.25, 0.3) is 0 Å². The number of hydrogen-bond donors (Lipinski definition) is 0. The van der Waals surface area contributed by atoms with Crippen LogP contribution in [0.3, 0.4) is 0 Å². The molecule has 0 amide bonds. The Kier molecular flexibility index (Phi) is 4.03. The molecule has 94 valence electrons. The van der Waals surface area contributed by atoms with Crippen molar-refractivity contribution in [1.82, 2.24) is 0 Å². The normalized spacial score (nSPS) is 12.4. The highest BCUT2D eigenvalue weighted by atomic mass is 35.5. The van der Waals surface area contributed by atoms with Crippen LogP contribution in [0.15, 0.2) is 42.5 Å². The van der Waals surface area contributed by atoms with Crippen LogP contribution in [0.2, 0.25) is 0 Å². The maximum atomic E-state index is 12.9. The van der Waals surface area contributed by atoms with Crippen molar-refractivity contribution in [3.8, 4) is 0 Å². The van der Waals surface area contributed by atoms with Crippen molar-refractivity contribution in [3.05, 3.63) is 70.5 Å². The summed E-state index contributed by atoms with van der Waals surface area (Å²) in [6.45, 7) is 4.16. The summed E-state index contributed by atoms with van der Waals surface area (Å²) in [5, 5.41) is -0.119. The molecule has 2 aromatic carbocycles. The molecule has 1 unspecified atom stereocenters. The van der Waals surface area contributed by atoms with E-state index in [0.29, 0.717) is 0 Å². The minimum atomic E-state index is -0.227. The summed E-state index contributed by atoms with van der Waals surface area (Å²) in [4.78, 5) is 0. The molecule has 0 aliphatic heterocycles. The van der Waals surface area contributed by atoms with Gasteiger partial charge in [-0.1, -0.05) is 35.9 Å². The molecule has 0 aliphatic rings. The van der Waals surface area contributed by atoms with Crippen LogP contribution in [0, 0.1) is 19.7 Å². The first-order valence-corrected chi connectivity index (χ1v) is 6.45. The quantitative estimate of drug-likeness (QED) is 0.686. The van der Waals surface area contributed by atoms with Crippen LogP contribution < -0.4 is 0 Å². The van der Waals surface area contributed by atoms with Crippen LogP contribution in [0.5, 0.6) is 0 Å². The second-order valence-corrected chi connectivity index (χ2v) is 5.18. The van der Waals surface area contributed by atoms with E-state index in [4.69, 9.17) is 11.6 Å². The van der Waals surface area contributed by atoms with E-state index in [1.54, 1.807) is 12.1 Å². The first-order valence-electron chi connectivity index (χ1n) is 6.02. The molecule has 2 aromatic rings. The van der Waals surface area contributed by atoms with Crippen LogP contribution in [0.4, 0.5) is 4.39 Å². The predicted molar refractivity (Wildman–Crippen MR) is 74.6 cm³/mol. The second kappa shape index (κ2) is 5.53. The number of benzene rings is 2. The van der Waals surface area contributed by atoms with E-state index in [9.17, 15) is 4.39 Å². The SMILES string of the molecule is Cc1ccc(C)c(CC(Cl)c2ccc(F)cc2)c1. The molecule has 0 saturated heterocycles. The number of aryl methyl sites for hydroxylation is 2. The Morgan fingerprint density at radius 2 is 1.72 bits per heavy atom. The Morgan fingerprint density at radius 3 is 2.39 bits per heavy atom. The first kappa shape index (κ1) is 13.1. The number of halogens is 2. The number of rotatable bonds is 3. The van der Waals surface area contributed by atoms with Gasteiger partial charge >= 0.3 is 0 Å². The highest BCUT2D eigenvalue weighted by Crippen LogP contribution is 2.26. The van der Waals surface area contributed by atoms with Gasteiger partial charge in [-0.2, -0.15) is 0 Å². The highest BCUT2D eigenvalue weighted by molar-refractivity contribution is 6.20. The van der Waals surface area contributed by atoms with Crippen LogP contribution in [-0.4, -0.2) is 0 Å². The molecule has 0 spiro atoms. The minimum Gasteiger partial charge on any atom is -0.207 e. The van der Waals surface area contributed by atoms with Crippen molar-refractivity contribution < 1.29 is 4.39 Å². The van der Waals surface area contributed by atoms with Gasteiger partial charge in [0.25, 0.3) is 0 Å². The van der Waals surface area contributed by atoms with E-state index in [1.165, 1.54) is 28.8 Å². The molecule has 18 heavy (non-hydrogen) atoms. The number of hydrogen-bond acceptors (Lipinski definition) is 0. The standard InChI is InChI=1S/C16H16ClF/c1-11-3-4-12(2)14(9-11)10-16(17)13-5-7-15(18)8-6-13/h3-9,16H,10H2,1-2H3. The zero-order valence-corrected chi connectivity index (χ0v) is 11.3. The van der Waals surface area contributed by atoms with E-state index >= 15 is 0 Å². The largest absolute Gasteiger partial charge is 0.207 e. The molecule has 0 fully saturated rings. The fourth-order valence-corrected chi connectivity index (χ4v) is 2.31. The van der Waals surface area contributed by atoms with Gasteiger partial charge in [0.15, 0.2) is 0 Å². The van der Waals surface area contributed by atoms with Gasteiger partial charge < -0.3 is 0 Å². The van der Waals surface area contributed by atoms with Crippen molar-refractivity contribution in [2.24, 2.45) is 0 Å². The lowest BCUT2D eigenvalue weighted by molar-refractivity contribution is 0.626. The maximum absolute atomic E-state index is 12.9. The molecule has 2 heteroatoms. The van der Waals surface area contributed by atoms with Crippen molar-refractivity contribution >= 4 is 11.6 Å². The van der Waals surface area contributed by atoms with E-state index in [2.05, 4.69) is 32.0 Å². The summed E-state index contributed by atoms with van der Waals surface area (Å²) in [7, 11) is 0. The molecular formula is C16H16ClF. The Hall–Kier alpha value is -1.34. The summed E-state index contributed by atoms with van der Waals surface area (Å²) in [5.41, 5.74) is 4.69. The summed E-state index contributed by atoms with van der Waals surface area (Å²) >= 11 is 6.39. The van der Waals surface area contributed by atoms with Gasteiger partial charge in [-0.25, -0.2) is 4.39 Å². The molecule has 0 nitrogen and oxygen atoms in total. The van der Waals surface area contributed by atoms with E-state index < -0.39 is 0 Å². The molecule has 0 heterocycles. The molecule has 0 N–H and O–H groups in total. The Labute approximate surface area is 112 Å². The Morgan fingerprint density at radius 1 is 1.06 bits per heavy atom. The topological polar surface area (TPSA) is 0 Å². The lowest BCUT2D eigenvalue weighted by Gasteiger charge is -2.12. The van der Waals surface area contributed by atoms with Crippen molar-refractivity contribution in [1.29, 1.82) is 0 Å². The second-order valence-electron chi connectivity index (χ2n) is 4.65. The molecule has 0 aromatic heterocycles. The van der Waals surface area contributed by atoms with Gasteiger partial charge in [-0.3, -0.25) is 0 Å². The molecule has 1 atom stereocenters. The van der Waals surface area contributed by atoms with Gasteiger partial charge in [0.1, 0.15) is 5.82 Å². The average molecular weight is 263 g/mol. The zero-order valence-electron chi connectivity index (χ0n) is 10.6. The lowest BCUT2D eigenvalue weighted by atomic mass is 9.98. The third-order valence-corrected chi connectivity index (χ3v) is 3.54. The highest BCUT2D eigenvalue weighted by Gasteiger charge is 2.10. The molecule has 2 rings (SSSR count). The average Bonchev–Trinajstić information content (AvgIpc) is 2.34. The lowest BCUT2D eigenvalue weighted by Crippen LogP contribution is -1.98. The van der Waals surface area contributed by atoms with E-state index in [-0.39, 0.29) is 11.2 Å². The molecule has 0 aliphatic carbocycles. The van der Waals surface area contributed by atoms with Gasteiger partial charge in [0.2, 0.25) is 0 Å². The molecule has 0 saturated carbocycles. The fraction of sp³-hybridized carbons (Fsp3) is 0.250.